The minimum Gasteiger partial charge on any atom is -0.462 e. The van der Waals surface area contributed by atoms with Gasteiger partial charge in [-0.2, -0.15) is 0 Å². The third-order valence-corrected chi connectivity index (χ3v) is 19.1. The second kappa shape index (κ2) is 55.9. The lowest BCUT2D eigenvalue weighted by Crippen LogP contribution is -2.67. The lowest BCUT2D eigenvalue weighted by Gasteiger charge is -2.46. The van der Waals surface area contributed by atoms with E-state index in [4.69, 9.17) is 32.9 Å². The first-order chi connectivity index (χ1) is 45.8. The smallest absolute Gasteiger partial charge is 0.462 e. The minimum atomic E-state index is -5.51. The predicted molar refractivity (Wildman–Crippen MR) is 370 cm³/mol. The van der Waals surface area contributed by atoms with Crippen LogP contribution < -0.4 is 10.6 Å². The van der Waals surface area contributed by atoms with Gasteiger partial charge in [-0.3, -0.25) is 28.5 Å². The van der Waals surface area contributed by atoms with Crippen LogP contribution in [-0.4, -0.2) is 153 Å². The van der Waals surface area contributed by atoms with E-state index in [1.807, 2.05) is 0 Å². The Morgan fingerprint density at radius 3 is 1.25 bits per heavy atom. The maximum absolute atomic E-state index is 14.7. The second-order valence-electron chi connectivity index (χ2n) is 27.5. The van der Waals surface area contributed by atoms with Crippen LogP contribution in [0.3, 0.4) is 0 Å². The van der Waals surface area contributed by atoms with Crippen LogP contribution in [0.2, 0.25) is 0 Å². The molecule has 558 valence electrons. The Labute approximate surface area is 573 Å². The van der Waals surface area contributed by atoms with Crippen molar-refractivity contribution in [3.05, 3.63) is 0 Å². The highest BCUT2D eigenvalue weighted by molar-refractivity contribution is 7.46. The van der Waals surface area contributed by atoms with Crippen molar-refractivity contribution in [2.24, 2.45) is 0 Å². The third kappa shape index (κ3) is 42.8. The zero-order valence-corrected chi connectivity index (χ0v) is 61.0. The number of ether oxygens (including phenoxy) is 6. The zero-order chi connectivity index (χ0) is 69.9. The van der Waals surface area contributed by atoms with Crippen LogP contribution in [-0.2, 0) is 61.5 Å². The Morgan fingerprint density at radius 1 is 0.453 bits per heavy atom. The summed E-state index contributed by atoms with van der Waals surface area (Å²) in [7, 11) is -5.51. The fraction of sp³-hybridized carbons (Fsp3) is 0.932. The molecule has 0 aromatic carbocycles. The van der Waals surface area contributed by atoms with E-state index in [2.05, 4.69) is 45.3 Å². The molecule has 8 N–H and O–H groups in total. The molecule has 13 atom stereocenters. The second-order valence-corrected chi connectivity index (χ2v) is 28.7. The van der Waals surface area contributed by atoms with E-state index in [1.165, 1.54) is 64.2 Å². The molecular formula is C73H137N2O19P. The fourth-order valence-corrected chi connectivity index (χ4v) is 13.5. The Balaban J connectivity index is 2.54. The van der Waals surface area contributed by atoms with Crippen LogP contribution in [0.25, 0.3) is 0 Å². The summed E-state index contributed by atoms with van der Waals surface area (Å²) >= 11 is 0. The lowest BCUT2D eigenvalue weighted by atomic mass is 9.93. The number of carbonyl (C=O) groups is 5. The summed E-state index contributed by atoms with van der Waals surface area (Å²) < 4.78 is 55.1. The number of carbonyl (C=O) groups excluding carboxylic acids is 5. The van der Waals surface area contributed by atoms with Crippen molar-refractivity contribution in [1.29, 1.82) is 0 Å². The molecule has 2 fully saturated rings. The molecule has 2 aliphatic rings. The quantitative estimate of drug-likeness (QED) is 0.0121. The van der Waals surface area contributed by atoms with Crippen LogP contribution in [0.15, 0.2) is 0 Å². The Kier molecular flexibility index (Phi) is 51.9. The van der Waals surface area contributed by atoms with Gasteiger partial charge in [0.2, 0.25) is 11.8 Å². The number of hydrogen-bond acceptors (Lipinski definition) is 17. The van der Waals surface area contributed by atoms with Gasteiger partial charge in [0.1, 0.15) is 48.8 Å². The first kappa shape index (κ1) is 88.3. The van der Waals surface area contributed by atoms with Crippen LogP contribution in [0.4, 0.5) is 0 Å². The van der Waals surface area contributed by atoms with Gasteiger partial charge in [0.05, 0.1) is 50.7 Å². The van der Waals surface area contributed by atoms with Crippen LogP contribution in [0, 0.1) is 0 Å². The number of phosphoric acid groups is 1. The third-order valence-electron chi connectivity index (χ3n) is 18.6. The monoisotopic (exact) mass is 1380 g/mol. The summed E-state index contributed by atoms with van der Waals surface area (Å²) in [6, 6.07) is -2.80. The summed E-state index contributed by atoms with van der Waals surface area (Å²) in [5.74, 6) is -3.22. The van der Waals surface area contributed by atoms with E-state index in [1.54, 1.807) is 6.92 Å². The first-order valence-corrected chi connectivity index (χ1v) is 39.8. The predicted octanol–water partition coefficient (Wildman–Crippen LogP) is 14.2. The largest absolute Gasteiger partial charge is 0.470 e. The minimum absolute atomic E-state index is 0.143. The average Bonchev–Trinajstić information content (AvgIpc) is 0.785. The summed E-state index contributed by atoms with van der Waals surface area (Å²) in [5.41, 5.74) is 0. The number of rotatable bonds is 61. The first-order valence-electron chi connectivity index (χ1n) is 38.3. The van der Waals surface area contributed by atoms with E-state index < -0.39 is 137 Å². The van der Waals surface area contributed by atoms with Gasteiger partial charge in [-0.15, -0.1) is 0 Å². The van der Waals surface area contributed by atoms with Crippen molar-refractivity contribution in [2.75, 3.05) is 13.2 Å². The molecule has 0 saturated carbocycles. The molecule has 2 rings (SSSR count). The maximum atomic E-state index is 14.7. The zero-order valence-electron chi connectivity index (χ0n) is 60.1. The van der Waals surface area contributed by atoms with Gasteiger partial charge in [-0.1, -0.05) is 259 Å². The van der Waals surface area contributed by atoms with E-state index in [-0.39, 0.29) is 25.7 Å². The molecule has 2 saturated heterocycles. The van der Waals surface area contributed by atoms with Crippen molar-refractivity contribution in [3.8, 4) is 0 Å². The molecule has 95 heavy (non-hydrogen) atoms. The maximum Gasteiger partial charge on any atom is 0.470 e. The van der Waals surface area contributed by atoms with E-state index in [0.29, 0.717) is 44.9 Å². The van der Waals surface area contributed by atoms with Crippen molar-refractivity contribution in [3.63, 3.8) is 0 Å². The van der Waals surface area contributed by atoms with Crippen molar-refractivity contribution >= 4 is 37.5 Å². The molecule has 21 nitrogen and oxygen atoms in total. The summed E-state index contributed by atoms with van der Waals surface area (Å²) in [5, 5.41) is 50.2. The molecule has 2 aliphatic heterocycles. The van der Waals surface area contributed by atoms with Gasteiger partial charge in [-0.05, 0) is 51.9 Å². The summed E-state index contributed by atoms with van der Waals surface area (Å²) in [4.78, 5) is 90.4. The number of hydrogen-bond donors (Lipinski definition) is 8. The van der Waals surface area contributed by atoms with Gasteiger partial charge < -0.3 is 69.3 Å². The topological polar surface area (TPSA) is 312 Å². The molecule has 0 aliphatic carbocycles. The normalized spacial score (nSPS) is 22.4. The molecule has 22 heteroatoms. The summed E-state index contributed by atoms with van der Waals surface area (Å²) in [6.45, 7) is 10.8. The highest BCUT2D eigenvalue weighted by atomic mass is 31.2. The van der Waals surface area contributed by atoms with Gasteiger partial charge in [-0.25, -0.2) is 4.57 Å². The number of aliphatic hydroxyl groups excluding tert-OH is 4. The highest BCUT2D eigenvalue weighted by Crippen LogP contribution is 2.43. The number of phosphoric ester groups is 1. The standard InChI is InChI=1S/C73H137N2O19P/c1-7-12-17-22-27-29-34-39-44-49-64(80)90-58(47-42-37-32-25-20-15-10-4)52-63(79)75-68-72(93-66(82)53-59(48-43-38-33-26-21-16-11-5)91-65(81)50-45-40-35-30-28-23-18-13-8-2)71(94-95(85,86)87)60(54-76)92-73(68)88-55-61-69(83)70(84)67(56(6)89-61)74-62(78)51-57(77)46-41-36-31-24-19-14-9-3/h56-61,67-73,76-77,83-84H,7-55H2,1-6H3,(H,74,78)(H,75,79)(H2,85,86,87)/t56?,57-,58-,59-,60?,61?,67?,68+,69-,70-,71-,72?,73-/m1/s1. The van der Waals surface area contributed by atoms with Crippen LogP contribution >= 0.6 is 7.82 Å². The molecule has 0 aromatic rings. The van der Waals surface area contributed by atoms with Gasteiger partial charge >= 0.3 is 25.7 Å². The van der Waals surface area contributed by atoms with E-state index in [0.717, 1.165) is 161 Å². The number of aliphatic hydroxyl groups is 4. The molecule has 2 heterocycles. The van der Waals surface area contributed by atoms with Crippen molar-refractivity contribution in [1.82, 2.24) is 10.6 Å². The number of nitrogens with one attached hydrogen (secondary N) is 2. The van der Waals surface area contributed by atoms with Crippen LogP contribution in [0.1, 0.15) is 343 Å². The van der Waals surface area contributed by atoms with E-state index >= 15 is 0 Å². The van der Waals surface area contributed by atoms with Crippen LogP contribution in [0.5, 0.6) is 0 Å². The number of amides is 2. The molecule has 0 radical (unpaired) electrons. The molecule has 0 spiro atoms. The fourth-order valence-electron chi connectivity index (χ4n) is 12.9. The molecule has 0 bridgehead atoms. The SMILES string of the molecule is CCCCCCCCCCCC(=O)O[C@H](CCCCCCCCC)CC(=O)N[C@H]1C(OC(=O)C[C@@H](CCCCCCCCC)OC(=O)CCCCCCCCCCC)[C@H](OP(=O)(O)O)C(CO)O[C@H]1OCC1OC(C)C(NC(=O)C[C@H](O)CCCCCCCCC)[C@@H](O)[C@@H]1O. The molecule has 0 aromatic heterocycles. The molecule has 5 unspecified atom stereocenters. The van der Waals surface area contributed by atoms with E-state index in [9.17, 15) is 58.8 Å². The lowest BCUT2D eigenvalue weighted by molar-refractivity contribution is -0.285. The Bertz CT molecular complexity index is 2000. The average molecular weight is 1380 g/mol. The molecular weight excluding hydrogens is 1240 g/mol. The Hall–Kier alpha value is -2.82. The number of esters is 3. The van der Waals surface area contributed by atoms with Crippen molar-refractivity contribution < 1.29 is 91.7 Å². The highest BCUT2D eigenvalue weighted by Gasteiger charge is 2.53. The van der Waals surface area contributed by atoms with Gasteiger partial charge in [0, 0.05) is 12.8 Å². The van der Waals surface area contributed by atoms with Gasteiger partial charge in [0.25, 0.3) is 0 Å². The Morgan fingerprint density at radius 2 is 0.832 bits per heavy atom. The summed E-state index contributed by atoms with van der Waals surface area (Å²) in [6.07, 6.45) is 24.5. The van der Waals surface area contributed by atoms with Crippen molar-refractivity contribution in [2.45, 2.75) is 423 Å². The van der Waals surface area contributed by atoms with Gasteiger partial charge in [0.15, 0.2) is 12.4 Å². The molecule has 2 amide bonds. The number of unbranched alkanes of at least 4 members (excludes halogenated alkanes) is 34.